The van der Waals surface area contributed by atoms with Gasteiger partial charge in [-0.25, -0.2) is 4.98 Å². The smallest absolute Gasteiger partial charge is 0.394 e. The molecule has 0 bridgehead atoms. The van der Waals surface area contributed by atoms with E-state index < -0.39 is 17.9 Å². The molecule has 1 aromatic rings. The van der Waals surface area contributed by atoms with E-state index >= 15 is 0 Å². The van der Waals surface area contributed by atoms with Crippen LogP contribution in [0.2, 0.25) is 0 Å². The van der Waals surface area contributed by atoms with Crippen molar-refractivity contribution in [3.05, 3.63) is 11.8 Å². The van der Waals surface area contributed by atoms with E-state index in [1.807, 2.05) is 0 Å². The average molecular weight is 349 g/mol. The molecule has 136 valence electrons. The highest BCUT2D eigenvalue weighted by atomic mass is 19.4. The zero-order valence-corrected chi connectivity index (χ0v) is 13.4. The first-order valence-corrected chi connectivity index (χ1v) is 7.76. The van der Waals surface area contributed by atoms with Gasteiger partial charge in [0.15, 0.2) is 5.69 Å². The maximum Gasteiger partial charge on any atom is 0.433 e. The molecule has 0 saturated carbocycles. The molecule has 2 heterocycles. The van der Waals surface area contributed by atoms with Crippen LogP contribution in [0.1, 0.15) is 12.6 Å². The van der Waals surface area contributed by atoms with Gasteiger partial charge in [-0.2, -0.15) is 18.2 Å². The Labute approximate surface area is 138 Å². The Morgan fingerprint density at radius 1 is 1.33 bits per heavy atom. The summed E-state index contributed by atoms with van der Waals surface area (Å²) in [6.45, 7) is 5.47. The summed E-state index contributed by atoms with van der Waals surface area (Å²) in [4.78, 5) is 9.66. The summed E-state index contributed by atoms with van der Waals surface area (Å²) in [5.41, 5.74) is -1.03. The van der Waals surface area contributed by atoms with Gasteiger partial charge < -0.3 is 20.5 Å². The molecule has 0 amide bonds. The highest BCUT2D eigenvalue weighted by Gasteiger charge is 2.33. The van der Waals surface area contributed by atoms with Crippen LogP contribution in [-0.4, -0.2) is 72.0 Å². The summed E-state index contributed by atoms with van der Waals surface area (Å²) in [6.07, 6.45) is -4.57. The molecule has 2 rings (SSSR count). The Morgan fingerprint density at radius 3 is 2.67 bits per heavy atom. The van der Waals surface area contributed by atoms with Gasteiger partial charge in [0.05, 0.1) is 19.8 Å². The second-order valence-corrected chi connectivity index (χ2v) is 5.57. The van der Waals surface area contributed by atoms with E-state index in [2.05, 4.69) is 25.5 Å². The summed E-state index contributed by atoms with van der Waals surface area (Å²) >= 11 is 0. The maximum atomic E-state index is 13.0. The van der Waals surface area contributed by atoms with Crippen molar-refractivity contribution in [1.82, 2.24) is 14.9 Å². The van der Waals surface area contributed by atoms with Gasteiger partial charge in [-0.3, -0.25) is 4.90 Å². The highest BCUT2D eigenvalue weighted by Crippen LogP contribution is 2.29. The number of hydrogen-bond acceptors (Lipinski definition) is 7. The molecule has 3 N–H and O–H groups in total. The minimum atomic E-state index is -4.57. The minimum absolute atomic E-state index is 0.0956. The summed E-state index contributed by atoms with van der Waals surface area (Å²) in [6, 6.07) is 0.434. The van der Waals surface area contributed by atoms with Crippen molar-refractivity contribution in [1.29, 1.82) is 0 Å². The van der Waals surface area contributed by atoms with Gasteiger partial charge in [0.25, 0.3) is 0 Å². The van der Waals surface area contributed by atoms with Gasteiger partial charge in [0.1, 0.15) is 5.82 Å². The number of ether oxygens (including phenoxy) is 1. The van der Waals surface area contributed by atoms with Crippen LogP contribution in [-0.2, 0) is 10.9 Å². The number of aromatic nitrogens is 2. The molecular weight excluding hydrogens is 327 g/mol. The molecule has 1 saturated heterocycles. The van der Waals surface area contributed by atoms with Gasteiger partial charge in [-0.15, -0.1) is 0 Å². The Kier molecular flexibility index (Phi) is 6.58. The lowest BCUT2D eigenvalue weighted by Gasteiger charge is -2.26. The fourth-order valence-corrected chi connectivity index (χ4v) is 2.18. The van der Waals surface area contributed by atoms with Crippen molar-refractivity contribution in [3.63, 3.8) is 0 Å². The van der Waals surface area contributed by atoms with Crippen LogP contribution in [0, 0.1) is 0 Å². The van der Waals surface area contributed by atoms with E-state index in [1.54, 1.807) is 6.92 Å². The number of hydrogen-bond donors (Lipinski definition) is 3. The van der Waals surface area contributed by atoms with Crippen LogP contribution in [0.15, 0.2) is 6.07 Å². The van der Waals surface area contributed by atoms with Gasteiger partial charge in [0, 0.05) is 38.3 Å². The lowest BCUT2D eigenvalue weighted by Crippen LogP contribution is -2.39. The maximum absolute atomic E-state index is 13.0. The van der Waals surface area contributed by atoms with E-state index in [1.165, 1.54) is 0 Å². The van der Waals surface area contributed by atoms with Crippen molar-refractivity contribution in [2.45, 2.75) is 19.1 Å². The van der Waals surface area contributed by atoms with Gasteiger partial charge in [0.2, 0.25) is 5.95 Å². The van der Waals surface area contributed by atoms with E-state index in [-0.39, 0.29) is 18.4 Å². The standard InChI is InChI=1S/C14H22F3N5O2/c1-10(9-23)19-13-20-11(14(15,16)17)8-12(21-13)18-2-3-22-4-6-24-7-5-22/h8,10,23H,2-7,9H2,1H3,(H2,18,19,20,21)/t10-/m0/s1. The summed E-state index contributed by atoms with van der Waals surface area (Å²) < 4.78 is 44.1. The van der Waals surface area contributed by atoms with Crippen LogP contribution in [0.5, 0.6) is 0 Å². The number of aliphatic hydroxyl groups is 1. The normalized spacial score (nSPS) is 17.5. The largest absolute Gasteiger partial charge is 0.433 e. The van der Waals surface area contributed by atoms with Crippen LogP contribution >= 0.6 is 0 Å². The molecule has 7 nitrogen and oxygen atoms in total. The Morgan fingerprint density at radius 2 is 2.04 bits per heavy atom. The van der Waals surface area contributed by atoms with Crippen LogP contribution < -0.4 is 10.6 Å². The van der Waals surface area contributed by atoms with Crippen molar-refractivity contribution in [2.75, 3.05) is 56.6 Å². The topological polar surface area (TPSA) is 82.5 Å². The van der Waals surface area contributed by atoms with Crippen LogP contribution in [0.3, 0.4) is 0 Å². The van der Waals surface area contributed by atoms with Crippen molar-refractivity contribution in [3.8, 4) is 0 Å². The molecule has 1 aliphatic heterocycles. The number of nitrogens with one attached hydrogen (secondary N) is 2. The molecule has 0 aliphatic carbocycles. The van der Waals surface area contributed by atoms with Gasteiger partial charge in [-0.1, -0.05) is 0 Å². The molecule has 0 aromatic carbocycles. The highest BCUT2D eigenvalue weighted by molar-refractivity contribution is 5.43. The van der Waals surface area contributed by atoms with Crippen molar-refractivity contribution < 1.29 is 23.0 Å². The Hall–Kier alpha value is -1.65. The van der Waals surface area contributed by atoms with Crippen LogP contribution in [0.25, 0.3) is 0 Å². The Bertz CT molecular complexity index is 524. The molecule has 0 radical (unpaired) electrons. The molecule has 10 heteroatoms. The summed E-state index contributed by atoms with van der Waals surface area (Å²) in [7, 11) is 0. The predicted octanol–water partition coefficient (Wildman–Crippen LogP) is 1.03. The molecule has 1 aromatic heterocycles. The van der Waals surface area contributed by atoms with E-state index in [9.17, 15) is 13.2 Å². The number of aliphatic hydroxyl groups excluding tert-OH is 1. The molecule has 0 unspecified atom stereocenters. The zero-order valence-electron chi connectivity index (χ0n) is 13.4. The predicted molar refractivity (Wildman–Crippen MR) is 83.0 cm³/mol. The third kappa shape index (κ3) is 5.77. The van der Waals surface area contributed by atoms with Crippen molar-refractivity contribution in [2.24, 2.45) is 0 Å². The fourth-order valence-electron chi connectivity index (χ4n) is 2.18. The molecule has 0 spiro atoms. The number of anilines is 2. The summed E-state index contributed by atoms with van der Waals surface area (Å²) in [5, 5.41) is 14.6. The monoisotopic (exact) mass is 349 g/mol. The molecule has 1 fully saturated rings. The van der Waals surface area contributed by atoms with Gasteiger partial charge >= 0.3 is 6.18 Å². The van der Waals surface area contributed by atoms with E-state index in [4.69, 9.17) is 9.84 Å². The number of morpholine rings is 1. The minimum Gasteiger partial charge on any atom is -0.394 e. The lowest BCUT2D eigenvalue weighted by atomic mass is 10.3. The molecule has 1 atom stereocenters. The Balaban J connectivity index is 2.02. The third-order valence-corrected chi connectivity index (χ3v) is 3.50. The fraction of sp³-hybridized carbons (Fsp3) is 0.714. The van der Waals surface area contributed by atoms with Gasteiger partial charge in [-0.05, 0) is 6.92 Å². The summed E-state index contributed by atoms with van der Waals surface area (Å²) in [5.74, 6) is -0.0709. The first-order chi connectivity index (χ1) is 11.4. The third-order valence-electron chi connectivity index (χ3n) is 3.50. The van der Waals surface area contributed by atoms with Crippen molar-refractivity contribution >= 4 is 11.8 Å². The van der Waals surface area contributed by atoms with Crippen LogP contribution in [0.4, 0.5) is 24.9 Å². The molecule has 24 heavy (non-hydrogen) atoms. The zero-order chi connectivity index (χ0) is 17.6. The second kappa shape index (κ2) is 8.45. The second-order valence-electron chi connectivity index (χ2n) is 5.57. The first kappa shape index (κ1) is 18.7. The number of rotatable bonds is 7. The average Bonchev–Trinajstić information content (AvgIpc) is 2.55. The first-order valence-electron chi connectivity index (χ1n) is 7.76. The van der Waals surface area contributed by atoms with E-state index in [0.717, 1.165) is 19.2 Å². The lowest BCUT2D eigenvalue weighted by molar-refractivity contribution is -0.141. The number of alkyl halides is 3. The molecule has 1 aliphatic rings. The number of nitrogens with zero attached hydrogens (tertiary/aromatic N) is 3. The SMILES string of the molecule is C[C@@H](CO)Nc1nc(NCCN2CCOCC2)cc(C(F)(F)F)n1. The molecular formula is C14H22F3N5O2. The quantitative estimate of drug-likeness (QED) is 0.678. The number of halogens is 3. The van der Waals surface area contributed by atoms with E-state index in [0.29, 0.717) is 26.3 Å².